The van der Waals surface area contributed by atoms with Crippen molar-refractivity contribution >= 4 is 28.4 Å². The third kappa shape index (κ3) is 5.18. The molecule has 0 saturated heterocycles. The van der Waals surface area contributed by atoms with Crippen molar-refractivity contribution in [1.29, 1.82) is 0 Å². The van der Waals surface area contributed by atoms with Crippen LogP contribution in [0.25, 0.3) is 10.9 Å². The molecule has 0 aliphatic rings. The Morgan fingerprint density at radius 3 is 2.59 bits per heavy atom. The maximum Gasteiger partial charge on any atom is 0.269 e. The zero-order chi connectivity index (χ0) is 22.3. The lowest BCUT2D eigenvalue weighted by Gasteiger charge is -2.09. The van der Waals surface area contributed by atoms with E-state index in [1.54, 1.807) is 31.6 Å². The van der Waals surface area contributed by atoms with Crippen molar-refractivity contribution in [1.82, 2.24) is 20.3 Å². The topological polar surface area (TPSA) is 89.0 Å². The van der Waals surface area contributed by atoms with Crippen LogP contribution in [0.5, 0.6) is 11.5 Å². The normalized spacial score (nSPS) is 10.7. The maximum absolute atomic E-state index is 11.8. The summed E-state index contributed by atoms with van der Waals surface area (Å²) in [4.78, 5) is 24.8. The Bertz CT molecular complexity index is 1220. The number of anilines is 2. The number of aryl methyl sites for hydroxylation is 1. The summed E-state index contributed by atoms with van der Waals surface area (Å²) in [7, 11) is 1.56. The predicted molar refractivity (Wildman–Crippen MR) is 126 cm³/mol. The maximum atomic E-state index is 11.8. The molecule has 0 fully saturated rings. The van der Waals surface area contributed by atoms with Gasteiger partial charge >= 0.3 is 0 Å². The van der Waals surface area contributed by atoms with Crippen LogP contribution in [-0.4, -0.2) is 27.9 Å². The third-order valence-corrected chi connectivity index (χ3v) is 5.01. The Morgan fingerprint density at radius 2 is 1.81 bits per heavy atom. The summed E-state index contributed by atoms with van der Waals surface area (Å²) in [6.45, 7) is 2.20. The van der Waals surface area contributed by atoms with Crippen LogP contribution in [0.15, 0.2) is 67.0 Å². The van der Waals surface area contributed by atoms with Gasteiger partial charge in [-0.1, -0.05) is 25.5 Å². The van der Waals surface area contributed by atoms with E-state index in [9.17, 15) is 4.79 Å². The summed E-state index contributed by atoms with van der Waals surface area (Å²) in [5.41, 5.74) is 3.38. The average Bonchev–Trinajstić information content (AvgIpc) is 2.83. The number of carbonyl (C=O) groups excluding carboxylic acids is 1. The van der Waals surface area contributed by atoms with Gasteiger partial charge in [0.1, 0.15) is 17.2 Å². The minimum absolute atomic E-state index is 0.266. The van der Waals surface area contributed by atoms with Crippen LogP contribution in [0, 0.1) is 0 Å². The van der Waals surface area contributed by atoms with Crippen LogP contribution in [-0.2, 0) is 6.42 Å². The summed E-state index contributed by atoms with van der Waals surface area (Å²) in [5, 5.41) is 6.66. The van der Waals surface area contributed by atoms with Crippen LogP contribution in [0.4, 0.5) is 11.6 Å². The minimum Gasteiger partial charge on any atom is -0.457 e. The van der Waals surface area contributed by atoms with Gasteiger partial charge in [-0.25, -0.2) is 9.97 Å². The molecule has 32 heavy (non-hydrogen) atoms. The van der Waals surface area contributed by atoms with Crippen LogP contribution >= 0.6 is 0 Å². The lowest BCUT2D eigenvalue weighted by molar-refractivity contribution is 0.0958. The third-order valence-electron chi connectivity index (χ3n) is 5.01. The van der Waals surface area contributed by atoms with Gasteiger partial charge in [0.25, 0.3) is 5.91 Å². The van der Waals surface area contributed by atoms with E-state index in [0.717, 1.165) is 23.0 Å². The fourth-order valence-corrected chi connectivity index (χ4v) is 3.26. The van der Waals surface area contributed by atoms with Gasteiger partial charge in [-0.15, -0.1) is 0 Å². The Labute approximate surface area is 186 Å². The smallest absolute Gasteiger partial charge is 0.269 e. The molecule has 7 heteroatoms. The molecule has 162 valence electrons. The molecule has 1 amide bonds. The van der Waals surface area contributed by atoms with Crippen LogP contribution in [0.2, 0.25) is 0 Å². The molecule has 2 aromatic heterocycles. The van der Waals surface area contributed by atoms with Gasteiger partial charge in [-0.2, -0.15) is 0 Å². The second-order valence-electron chi connectivity index (χ2n) is 7.40. The number of hydrogen-bond donors (Lipinski definition) is 2. The Kier molecular flexibility index (Phi) is 6.55. The fourth-order valence-electron chi connectivity index (χ4n) is 3.26. The second kappa shape index (κ2) is 9.87. The molecule has 0 saturated carbocycles. The van der Waals surface area contributed by atoms with Crippen molar-refractivity contribution in [2.45, 2.75) is 26.2 Å². The summed E-state index contributed by atoms with van der Waals surface area (Å²) in [6, 6.07) is 17.3. The first-order chi connectivity index (χ1) is 15.6. The highest BCUT2D eigenvalue weighted by atomic mass is 16.5. The molecule has 0 bridgehead atoms. The number of fused-ring (bicyclic) bond motifs is 1. The summed E-state index contributed by atoms with van der Waals surface area (Å²) >= 11 is 0. The molecule has 0 unspecified atom stereocenters. The van der Waals surface area contributed by atoms with Crippen molar-refractivity contribution < 1.29 is 9.53 Å². The quantitative estimate of drug-likeness (QED) is 0.399. The zero-order valence-corrected chi connectivity index (χ0v) is 18.1. The van der Waals surface area contributed by atoms with Crippen molar-refractivity contribution in [3.05, 3.63) is 78.2 Å². The van der Waals surface area contributed by atoms with E-state index in [1.165, 1.54) is 18.4 Å². The van der Waals surface area contributed by atoms with Gasteiger partial charge in [-0.3, -0.25) is 9.78 Å². The van der Waals surface area contributed by atoms with Crippen molar-refractivity contribution in [2.75, 3.05) is 12.4 Å². The molecule has 2 aromatic carbocycles. The monoisotopic (exact) mass is 427 g/mol. The number of hydrogen-bond acceptors (Lipinski definition) is 6. The number of pyridine rings is 1. The van der Waals surface area contributed by atoms with Crippen molar-refractivity contribution in [3.63, 3.8) is 0 Å². The lowest BCUT2D eigenvalue weighted by atomic mass is 10.1. The van der Waals surface area contributed by atoms with Gasteiger partial charge in [-0.05, 0) is 54.8 Å². The number of amides is 1. The highest BCUT2D eigenvalue weighted by Gasteiger charge is 2.08. The highest BCUT2D eigenvalue weighted by molar-refractivity contribution is 5.92. The zero-order valence-electron chi connectivity index (χ0n) is 18.1. The number of rotatable bonds is 8. The Morgan fingerprint density at radius 1 is 1.00 bits per heavy atom. The lowest BCUT2D eigenvalue weighted by Crippen LogP contribution is -2.18. The number of nitrogens with zero attached hydrogens (tertiary/aromatic N) is 3. The molecule has 7 nitrogen and oxygen atoms in total. The number of ether oxygens (including phenoxy) is 1. The van der Waals surface area contributed by atoms with Crippen molar-refractivity contribution in [3.8, 4) is 11.5 Å². The molecule has 0 aliphatic carbocycles. The molecule has 2 N–H and O–H groups in total. The predicted octanol–water partition coefficient (Wildman–Crippen LogP) is 5.26. The minimum atomic E-state index is -0.266. The number of nitrogens with one attached hydrogen (secondary N) is 2. The van der Waals surface area contributed by atoms with Gasteiger partial charge < -0.3 is 15.4 Å². The number of unbranched alkanes of at least 4 members (excludes halogenated alkanes) is 1. The first-order valence-corrected chi connectivity index (χ1v) is 10.6. The average molecular weight is 428 g/mol. The molecular weight excluding hydrogens is 402 g/mol. The number of carbonyl (C=O) groups is 1. The van der Waals surface area contributed by atoms with E-state index in [1.807, 2.05) is 18.2 Å². The van der Waals surface area contributed by atoms with Gasteiger partial charge in [0.15, 0.2) is 0 Å². The fraction of sp³-hybridized carbons (Fsp3) is 0.200. The van der Waals surface area contributed by atoms with E-state index in [2.05, 4.69) is 56.8 Å². The molecule has 0 spiro atoms. The number of benzene rings is 2. The first-order valence-electron chi connectivity index (χ1n) is 10.6. The van der Waals surface area contributed by atoms with E-state index < -0.39 is 0 Å². The van der Waals surface area contributed by atoms with E-state index >= 15 is 0 Å². The standard InChI is InChI=1S/C25H25N5O2/c1-3-4-5-17-6-8-19(9-7-17)29-25-28-16-18-14-20(10-11-22(18)30-25)32-21-12-13-27-23(15-21)24(31)26-2/h6-16H,3-5H2,1-2H3,(H,26,31)(H,28,29,30). The largest absolute Gasteiger partial charge is 0.457 e. The Hall–Kier alpha value is -4.00. The summed E-state index contributed by atoms with van der Waals surface area (Å²) < 4.78 is 5.90. The van der Waals surface area contributed by atoms with Crippen molar-refractivity contribution in [2.24, 2.45) is 0 Å². The second-order valence-corrected chi connectivity index (χ2v) is 7.40. The van der Waals surface area contributed by atoms with Crippen LogP contribution in [0.1, 0.15) is 35.8 Å². The van der Waals surface area contributed by atoms with Gasteiger partial charge in [0.2, 0.25) is 5.95 Å². The molecule has 2 heterocycles. The molecule has 4 rings (SSSR count). The van der Waals surface area contributed by atoms with Crippen LogP contribution in [0.3, 0.4) is 0 Å². The molecule has 0 atom stereocenters. The molecule has 0 radical (unpaired) electrons. The molecule has 0 aliphatic heterocycles. The highest BCUT2D eigenvalue weighted by Crippen LogP contribution is 2.26. The first kappa shape index (κ1) is 21.2. The van der Waals surface area contributed by atoms with E-state index in [-0.39, 0.29) is 5.91 Å². The van der Waals surface area contributed by atoms with E-state index in [0.29, 0.717) is 23.1 Å². The van der Waals surface area contributed by atoms with Gasteiger partial charge in [0.05, 0.1) is 5.52 Å². The summed E-state index contributed by atoms with van der Waals surface area (Å²) in [6.07, 6.45) is 6.79. The van der Waals surface area contributed by atoms with E-state index in [4.69, 9.17) is 4.74 Å². The molecular formula is C25H25N5O2. The van der Waals surface area contributed by atoms with Gasteiger partial charge in [0, 0.05) is 36.6 Å². The Balaban J connectivity index is 1.47. The van der Waals surface area contributed by atoms with Crippen LogP contribution < -0.4 is 15.4 Å². The molecule has 4 aromatic rings. The number of aromatic nitrogens is 3. The SMILES string of the molecule is CCCCc1ccc(Nc2ncc3cc(Oc4ccnc(C(=O)NC)c4)ccc3n2)cc1. The summed E-state index contributed by atoms with van der Waals surface area (Å²) in [5.74, 6) is 1.42.